The number of nitrogens with one attached hydrogen (secondary N) is 2. The fourth-order valence-corrected chi connectivity index (χ4v) is 2.41. The quantitative estimate of drug-likeness (QED) is 0.828. The van der Waals surface area contributed by atoms with Crippen molar-refractivity contribution >= 4 is 5.82 Å². The van der Waals surface area contributed by atoms with E-state index in [1.54, 1.807) is 0 Å². The second-order valence-electron chi connectivity index (χ2n) is 4.51. The number of aromatic amines is 1. The lowest BCUT2D eigenvalue weighted by molar-refractivity contribution is 0.828. The zero-order valence-electron chi connectivity index (χ0n) is 10.1. The molecule has 0 saturated heterocycles. The molecule has 0 bridgehead atoms. The first-order chi connectivity index (χ1) is 8.38. The van der Waals surface area contributed by atoms with Crippen LogP contribution in [0.2, 0.25) is 0 Å². The third-order valence-corrected chi connectivity index (χ3v) is 3.39. The number of aryl methyl sites for hydroxylation is 1. The molecule has 0 radical (unpaired) electrons. The second-order valence-corrected chi connectivity index (χ2v) is 4.51. The Hall–Kier alpha value is -1.77. The molecule has 0 aliphatic carbocycles. The van der Waals surface area contributed by atoms with E-state index >= 15 is 0 Å². The molecule has 88 valence electrons. The summed E-state index contributed by atoms with van der Waals surface area (Å²) in [5, 5.41) is 10.9. The van der Waals surface area contributed by atoms with E-state index in [1.165, 1.54) is 28.8 Å². The van der Waals surface area contributed by atoms with Gasteiger partial charge in [-0.1, -0.05) is 25.1 Å². The van der Waals surface area contributed by atoms with Gasteiger partial charge in [0.25, 0.3) is 0 Å². The van der Waals surface area contributed by atoms with Crippen LogP contribution in [0.25, 0.3) is 11.3 Å². The number of nitrogens with zero attached hydrogens (tertiary/aromatic N) is 1. The molecule has 1 aliphatic rings. The van der Waals surface area contributed by atoms with Gasteiger partial charge in [0.2, 0.25) is 0 Å². The normalized spacial score (nSPS) is 14.2. The van der Waals surface area contributed by atoms with Gasteiger partial charge in [0.05, 0.1) is 5.69 Å². The summed E-state index contributed by atoms with van der Waals surface area (Å²) in [6.45, 7) is 3.22. The van der Waals surface area contributed by atoms with Gasteiger partial charge >= 0.3 is 0 Å². The van der Waals surface area contributed by atoms with Crippen LogP contribution in [0.5, 0.6) is 0 Å². The molecule has 2 N–H and O–H groups in total. The van der Waals surface area contributed by atoms with Gasteiger partial charge in [0.1, 0.15) is 0 Å². The predicted octanol–water partition coefficient (Wildman–Crippen LogP) is 3.00. The van der Waals surface area contributed by atoms with Gasteiger partial charge in [0.15, 0.2) is 5.82 Å². The van der Waals surface area contributed by atoms with Crippen molar-refractivity contribution in [2.45, 2.75) is 26.2 Å². The SMILES string of the molecule is CCc1cccc(-c2[nH]nc3c2CCCN3)c1. The van der Waals surface area contributed by atoms with Crippen LogP contribution in [-0.2, 0) is 12.8 Å². The number of anilines is 1. The minimum absolute atomic E-state index is 1.03. The predicted molar refractivity (Wildman–Crippen MR) is 70.2 cm³/mol. The Labute approximate surface area is 101 Å². The Kier molecular flexibility index (Phi) is 2.59. The zero-order chi connectivity index (χ0) is 11.7. The number of aromatic nitrogens is 2. The molecule has 1 aromatic carbocycles. The van der Waals surface area contributed by atoms with Crippen molar-refractivity contribution in [2.75, 3.05) is 11.9 Å². The molecule has 2 heterocycles. The van der Waals surface area contributed by atoms with E-state index in [2.05, 4.69) is 46.7 Å². The number of benzene rings is 1. The van der Waals surface area contributed by atoms with E-state index < -0.39 is 0 Å². The summed E-state index contributed by atoms with van der Waals surface area (Å²) < 4.78 is 0. The van der Waals surface area contributed by atoms with Crippen LogP contribution in [0.3, 0.4) is 0 Å². The Balaban J connectivity index is 2.05. The zero-order valence-corrected chi connectivity index (χ0v) is 10.1. The van der Waals surface area contributed by atoms with Crippen LogP contribution in [-0.4, -0.2) is 16.7 Å². The summed E-state index contributed by atoms with van der Waals surface area (Å²) in [4.78, 5) is 0. The topological polar surface area (TPSA) is 40.7 Å². The second kappa shape index (κ2) is 4.24. The van der Waals surface area contributed by atoms with E-state index in [9.17, 15) is 0 Å². The maximum absolute atomic E-state index is 4.35. The molecule has 2 aromatic rings. The average Bonchev–Trinajstić information content (AvgIpc) is 2.82. The van der Waals surface area contributed by atoms with Crippen LogP contribution in [0.15, 0.2) is 24.3 Å². The lowest BCUT2D eigenvalue weighted by Gasteiger charge is -2.13. The van der Waals surface area contributed by atoms with Gasteiger partial charge < -0.3 is 5.32 Å². The molecule has 1 aliphatic heterocycles. The number of rotatable bonds is 2. The van der Waals surface area contributed by atoms with Crippen LogP contribution >= 0.6 is 0 Å². The van der Waals surface area contributed by atoms with Crippen LogP contribution < -0.4 is 5.32 Å². The molecule has 0 fully saturated rings. The molecule has 0 unspecified atom stereocenters. The Morgan fingerprint density at radius 3 is 3.18 bits per heavy atom. The molecule has 3 heteroatoms. The summed E-state index contributed by atoms with van der Waals surface area (Å²) in [5.74, 6) is 1.04. The minimum Gasteiger partial charge on any atom is -0.368 e. The molecule has 17 heavy (non-hydrogen) atoms. The molecule has 3 rings (SSSR count). The Bertz CT molecular complexity index is 528. The van der Waals surface area contributed by atoms with Crippen LogP contribution in [0.4, 0.5) is 5.82 Å². The largest absolute Gasteiger partial charge is 0.368 e. The average molecular weight is 227 g/mol. The van der Waals surface area contributed by atoms with Gasteiger partial charge in [-0.05, 0) is 30.9 Å². The van der Waals surface area contributed by atoms with Gasteiger partial charge in [-0.3, -0.25) is 5.10 Å². The number of H-pyrrole nitrogens is 1. The fourth-order valence-electron chi connectivity index (χ4n) is 2.41. The molecule has 3 nitrogen and oxygen atoms in total. The first-order valence-electron chi connectivity index (χ1n) is 6.29. The molecule has 0 saturated carbocycles. The lowest BCUT2D eigenvalue weighted by atomic mass is 10.00. The van der Waals surface area contributed by atoms with E-state index in [0.717, 1.165) is 25.2 Å². The van der Waals surface area contributed by atoms with Gasteiger partial charge in [-0.15, -0.1) is 0 Å². The highest BCUT2D eigenvalue weighted by Crippen LogP contribution is 2.30. The highest BCUT2D eigenvalue weighted by Gasteiger charge is 2.17. The van der Waals surface area contributed by atoms with Crippen molar-refractivity contribution in [1.29, 1.82) is 0 Å². The Morgan fingerprint density at radius 1 is 1.35 bits per heavy atom. The molecule has 0 amide bonds. The summed E-state index contributed by atoms with van der Waals surface area (Å²) >= 11 is 0. The van der Waals surface area contributed by atoms with Gasteiger partial charge in [-0.2, -0.15) is 5.10 Å². The van der Waals surface area contributed by atoms with E-state index in [1.807, 2.05) is 0 Å². The number of hydrogen-bond acceptors (Lipinski definition) is 2. The first kappa shape index (κ1) is 10.4. The van der Waals surface area contributed by atoms with Crippen molar-refractivity contribution < 1.29 is 0 Å². The monoisotopic (exact) mass is 227 g/mol. The highest BCUT2D eigenvalue weighted by atomic mass is 15.2. The third kappa shape index (κ3) is 1.82. The summed E-state index contributed by atoms with van der Waals surface area (Å²) in [6, 6.07) is 8.70. The summed E-state index contributed by atoms with van der Waals surface area (Å²) in [6.07, 6.45) is 3.37. The van der Waals surface area contributed by atoms with E-state index in [4.69, 9.17) is 0 Å². The first-order valence-corrected chi connectivity index (χ1v) is 6.29. The van der Waals surface area contributed by atoms with Crippen molar-refractivity contribution in [3.63, 3.8) is 0 Å². The summed E-state index contributed by atoms with van der Waals surface area (Å²) in [7, 11) is 0. The number of fused-ring (bicyclic) bond motifs is 1. The summed E-state index contributed by atoms with van der Waals surface area (Å²) in [5.41, 5.74) is 5.14. The molecular weight excluding hydrogens is 210 g/mol. The smallest absolute Gasteiger partial charge is 0.151 e. The Morgan fingerprint density at radius 2 is 2.29 bits per heavy atom. The third-order valence-electron chi connectivity index (χ3n) is 3.39. The van der Waals surface area contributed by atoms with Gasteiger partial charge in [-0.25, -0.2) is 0 Å². The number of hydrogen-bond donors (Lipinski definition) is 2. The van der Waals surface area contributed by atoms with Crippen molar-refractivity contribution in [1.82, 2.24) is 10.2 Å². The van der Waals surface area contributed by atoms with Crippen LogP contribution in [0, 0.1) is 0 Å². The van der Waals surface area contributed by atoms with Crippen LogP contribution in [0.1, 0.15) is 24.5 Å². The maximum Gasteiger partial charge on any atom is 0.151 e. The van der Waals surface area contributed by atoms with Crippen molar-refractivity contribution in [3.8, 4) is 11.3 Å². The van der Waals surface area contributed by atoms with E-state index in [-0.39, 0.29) is 0 Å². The molecule has 0 atom stereocenters. The van der Waals surface area contributed by atoms with Gasteiger partial charge in [0, 0.05) is 17.7 Å². The fraction of sp³-hybridized carbons (Fsp3) is 0.357. The van der Waals surface area contributed by atoms with Crippen molar-refractivity contribution in [2.24, 2.45) is 0 Å². The molecular formula is C14H17N3. The standard InChI is InChI=1S/C14H17N3/c1-2-10-5-3-6-11(9-10)13-12-7-4-8-15-14(12)17-16-13/h3,5-6,9H,2,4,7-8H2,1H3,(H2,15,16,17). The highest BCUT2D eigenvalue weighted by molar-refractivity contribution is 5.70. The minimum atomic E-state index is 1.03. The lowest BCUT2D eigenvalue weighted by Crippen LogP contribution is -2.10. The molecule has 0 spiro atoms. The maximum atomic E-state index is 4.35. The van der Waals surface area contributed by atoms with Crippen molar-refractivity contribution in [3.05, 3.63) is 35.4 Å². The molecule has 1 aromatic heterocycles. The van der Waals surface area contributed by atoms with E-state index in [0.29, 0.717) is 0 Å².